The van der Waals surface area contributed by atoms with Crippen molar-refractivity contribution in [3.8, 4) is 5.75 Å². The molecule has 1 heterocycles. The monoisotopic (exact) mass is 284 g/mol. The second kappa shape index (κ2) is 7.89. The van der Waals surface area contributed by atoms with Crippen LogP contribution < -0.4 is 15.4 Å². The molecule has 0 radical (unpaired) electrons. The fourth-order valence-corrected chi connectivity index (χ4v) is 1.83. The summed E-state index contributed by atoms with van der Waals surface area (Å²) in [6.07, 6.45) is 4.42. The van der Waals surface area contributed by atoms with Crippen LogP contribution in [-0.2, 0) is 6.42 Å². The Kier molecular flexibility index (Phi) is 5.58. The first kappa shape index (κ1) is 14.8. The van der Waals surface area contributed by atoms with Crippen LogP contribution in [0.4, 0.5) is 11.8 Å². The van der Waals surface area contributed by atoms with Gasteiger partial charge in [-0.05, 0) is 30.2 Å². The second-order valence-electron chi connectivity index (χ2n) is 4.46. The molecule has 0 aliphatic heterocycles. The SMILES string of the molecule is C=CCNc1nccc(NCCc2ccc(OC)cc2)n1. The Morgan fingerprint density at radius 2 is 2.00 bits per heavy atom. The van der Waals surface area contributed by atoms with E-state index >= 15 is 0 Å². The van der Waals surface area contributed by atoms with Gasteiger partial charge in [-0.25, -0.2) is 4.98 Å². The number of anilines is 2. The standard InChI is InChI=1S/C16H20N4O/c1-3-10-18-16-19-12-9-15(20-16)17-11-8-13-4-6-14(21-2)7-5-13/h3-7,9,12H,1,8,10-11H2,2H3,(H2,17,18,19,20). The van der Waals surface area contributed by atoms with Gasteiger partial charge in [0.25, 0.3) is 0 Å². The molecular formula is C16H20N4O. The van der Waals surface area contributed by atoms with Crippen LogP contribution in [0.15, 0.2) is 49.2 Å². The maximum absolute atomic E-state index is 5.14. The molecule has 2 rings (SSSR count). The summed E-state index contributed by atoms with van der Waals surface area (Å²) in [5, 5.41) is 6.35. The number of hydrogen-bond donors (Lipinski definition) is 2. The molecule has 2 N–H and O–H groups in total. The lowest BCUT2D eigenvalue weighted by Gasteiger charge is -2.08. The van der Waals surface area contributed by atoms with Crippen molar-refractivity contribution >= 4 is 11.8 Å². The van der Waals surface area contributed by atoms with Gasteiger partial charge in [0, 0.05) is 19.3 Å². The third-order valence-electron chi connectivity index (χ3n) is 2.94. The first-order valence-electron chi connectivity index (χ1n) is 6.86. The van der Waals surface area contributed by atoms with E-state index in [9.17, 15) is 0 Å². The van der Waals surface area contributed by atoms with Crippen molar-refractivity contribution < 1.29 is 4.74 Å². The van der Waals surface area contributed by atoms with Gasteiger partial charge in [0.05, 0.1) is 7.11 Å². The second-order valence-corrected chi connectivity index (χ2v) is 4.46. The van der Waals surface area contributed by atoms with Crippen molar-refractivity contribution in [2.24, 2.45) is 0 Å². The molecule has 1 aromatic heterocycles. The Labute approximate surface area is 125 Å². The smallest absolute Gasteiger partial charge is 0.224 e. The summed E-state index contributed by atoms with van der Waals surface area (Å²) >= 11 is 0. The van der Waals surface area contributed by atoms with Gasteiger partial charge in [0.1, 0.15) is 11.6 Å². The molecule has 0 atom stereocenters. The van der Waals surface area contributed by atoms with E-state index in [1.165, 1.54) is 5.56 Å². The van der Waals surface area contributed by atoms with E-state index in [-0.39, 0.29) is 0 Å². The quantitative estimate of drug-likeness (QED) is 0.730. The van der Waals surface area contributed by atoms with Gasteiger partial charge < -0.3 is 15.4 Å². The topological polar surface area (TPSA) is 59.1 Å². The average molecular weight is 284 g/mol. The minimum atomic E-state index is 0.601. The number of hydrogen-bond acceptors (Lipinski definition) is 5. The van der Waals surface area contributed by atoms with Crippen molar-refractivity contribution in [2.75, 3.05) is 30.8 Å². The fourth-order valence-electron chi connectivity index (χ4n) is 1.83. The van der Waals surface area contributed by atoms with Crippen LogP contribution in [0.1, 0.15) is 5.56 Å². The van der Waals surface area contributed by atoms with Crippen LogP contribution in [0.25, 0.3) is 0 Å². The molecule has 5 heteroatoms. The normalized spacial score (nSPS) is 9.95. The van der Waals surface area contributed by atoms with Crippen LogP contribution in [0.3, 0.4) is 0 Å². The predicted octanol–water partition coefficient (Wildman–Crippen LogP) is 2.74. The predicted molar refractivity (Wildman–Crippen MR) is 85.9 cm³/mol. The van der Waals surface area contributed by atoms with Gasteiger partial charge in [-0.15, -0.1) is 6.58 Å². The largest absolute Gasteiger partial charge is 0.497 e. The third-order valence-corrected chi connectivity index (χ3v) is 2.94. The number of ether oxygens (including phenoxy) is 1. The van der Waals surface area contributed by atoms with Crippen LogP contribution in [0, 0.1) is 0 Å². The lowest BCUT2D eigenvalue weighted by Crippen LogP contribution is -2.09. The molecule has 0 saturated carbocycles. The molecule has 1 aromatic carbocycles. The molecule has 0 amide bonds. The zero-order valence-corrected chi connectivity index (χ0v) is 12.2. The Morgan fingerprint density at radius 1 is 1.19 bits per heavy atom. The molecule has 0 aliphatic rings. The van der Waals surface area contributed by atoms with Crippen LogP contribution in [0.5, 0.6) is 5.75 Å². The summed E-state index contributed by atoms with van der Waals surface area (Å²) in [5.41, 5.74) is 1.25. The summed E-state index contributed by atoms with van der Waals surface area (Å²) in [5.74, 6) is 2.29. The zero-order valence-electron chi connectivity index (χ0n) is 12.2. The minimum absolute atomic E-state index is 0.601. The molecule has 0 unspecified atom stereocenters. The van der Waals surface area contributed by atoms with Gasteiger partial charge in [-0.1, -0.05) is 18.2 Å². The lowest BCUT2D eigenvalue weighted by atomic mass is 10.1. The Hall–Kier alpha value is -2.56. The summed E-state index contributed by atoms with van der Waals surface area (Å²) in [6, 6.07) is 9.93. The maximum atomic E-state index is 5.14. The third kappa shape index (κ3) is 4.80. The number of rotatable bonds is 8. The van der Waals surface area contributed by atoms with Gasteiger partial charge in [-0.2, -0.15) is 4.98 Å². The first-order valence-corrected chi connectivity index (χ1v) is 6.86. The van der Waals surface area contributed by atoms with Crippen molar-refractivity contribution in [1.29, 1.82) is 0 Å². The highest BCUT2D eigenvalue weighted by Crippen LogP contribution is 2.12. The van der Waals surface area contributed by atoms with Crippen LogP contribution >= 0.6 is 0 Å². The highest BCUT2D eigenvalue weighted by molar-refractivity contribution is 5.40. The fraction of sp³-hybridized carbons (Fsp3) is 0.250. The number of aromatic nitrogens is 2. The Morgan fingerprint density at radius 3 is 2.71 bits per heavy atom. The molecule has 5 nitrogen and oxygen atoms in total. The lowest BCUT2D eigenvalue weighted by molar-refractivity contribution is 0.414. The summed E-state index contributed by atoms with van der Waals surface area (Å²) in [4.78, 5) is 8.51. The molecule has 21 heavy (non-hydrogen) atoms. The highest BCUT2D eigenvalue weighted by Gasteiger charge is 1.99. The van der Waals surface area contributed by atoms with Crippen LogP contribution in [-0.4, -0.2) is 30.2 Å². The molecule has 0 saturated heterocycles. The van der Waals surface area contributed by atoms with E-state index in [4.69, 9.17) is 4.74 Å². The van der Waals surface area contributed by atoms with Crippen molar-refractivity contribution in [2.45, 2.75) is 6.42 Å². The molecule has 0 fully saturated rings. The first-order chi connectivity index (χ1) is 10.3. The molecule has 0 aliphatic carbocycles. The minimum Gasteiger partial charge on any atom is -0.497 e. The van der Waals surface area contributed by atoms with E-state index in [1.54, 1.807) is 19.4 Å². The van der Waals surface area contributed by atoms with E-state index < -0.39 is 0 Å². The highest BCUT2D eigenvalue weighted by atomic mass is 16.5. The number of nitrogens with zero attached hydrogens (tertiary/aromatic N) is 2. The van der Waals surface area contributed by atoms with Crippen LogP contribution in [0.2, 0.25) is 0 Å². The van der Waals surface area contributed by atoms with Gasteiger partial charge in [-0.3, -0.25) is 0 Å². The van der Waals surface area contributed by atoms with Gasteiger partial charge in [0.2, 0.25) is 5.95 Å². The number of methoxy groups -OCH3 is 1. The number of benzene rings is 1. The van der Waals surface area contributed by atoms with E-state index in [0.717, 1.165) is 24.5 Å². The Balaban J connectivity index is 1.83. The molecule has 0 spiro atoms. The average Bonchev–Trinajstić information content (AvgIpc) is 2.54. The van der Waals surface area contributed by atoms with Crippen molar-refractivity contribution in [3.63, 3.8) is 0 Å². The molecule has 0 bridgehead atoms. The van der Waals surface area contributed by atoms with Crippen molar-refractivity contribution in [1.82, 2.24) is 9.97 Å². The maximum Gasteiger partial charge on any atom is 0.224 e. The Bertz CT molecular complexity index is 569. The van der Waals surface area contributed by atoms with Crippen molar-refractivity contribution in [3.05, 3.63) is 54.7 Å². The molecule has 2 aromatic rings. The molecular weight excluding hydrogens is 264 g/mol. The zero-order chi connectivity index (χ0) is 14.9. The summed E-state index contributed by atoms with van der Waals surface area (Å²) < 4.78 is 5.14. The molecule has 110 valence electrons. The summed E-state index contributed by atoms with van der Waals surface area (Å²) in [7, 11) is 1.67. The van der Waals surface area contributed by atoms with E-state index in [2.05, 4.69) is 39.3 Å². The number of nitrogens with one attached hydrogen (secondary N) is 2. The van der Waals surface area contributed by atoms with Gasteiger partial charge >= 0.3 is 0 Å². The van der Waals surface area contributed by atoms with E-state index in [0.29, 0.717) is 12.5 Å². The van der Waals surface area contributed by atoms with E-state index in [1.807, 2.05) is 18.2 Å². The van der Waals surface area contributed by atoms with Gasteiger partial charge in [0.15, 0.2) is 0 Å². The summed E-state index contributed by atoms with van der Waals surface area (Å²) in [6.45, 7) is 5.11.